The van der Waals surface area contributed by atoms with Crippen molar-refractivity contribution in [2.45, 2.75) is 6.92 Å². The molecule has 182 valence electrons. The number of ether oxygens (including phenoxy) is 3. The first-order chi connectivity index (χ1) is 22.2. The highest BCUT2D eigenvalue weighted by atomic mass is 16.5. The SMILES string of the molecule is [2H]c1c([2H])c([2H])c2c(c1[2H])n(-c1cc3c4c(c1)Oc1cccc5c1B4c1c(cccc1O3)O5)c1nc3c([2H])c(C)c([2H])c([2H])c3n21. The van der Waals surface area contributed by atoms with E-state index in [2.05, 4.69) is 0 Å². The summed E-state index contributed by atoms with van der Waals surface area (Å²) in [5.74, 6) is 3.85. The van der Waals surface area contributed by atoms with E-state index in [9.17, 15) is 0 Å². The summed E-state index contributed by atoms with van der Waals surface area (Å²) in [5.41, 5.74) is 3.86. The molecule has 5 aromatic carbocycles. The van der Waals surface area contributed by atoms with Gasteiger partial charge < -0.3 is 14.2 Å². The van der Waals surface area contributed by atoms with E-state index < -0.39 is 12.1 Å². The molecular formula is C32H18BN3O3. The number of benzene rings is 5. The van der Waals surface area contributed by atoms with Gasteiger partial charge in [0.1, 0.15) is 34.5 Å². The summed E-state index contributed by atoms with van der Waals surface area (Å²) in [6.45, 7) is 1.38. The standard InChI is InChI=1S/C32H18BN3O3/c1-17-12-13-20-19(14-17)34-32-35(21-6-2-3-7-22(21)36(20)32)18-15-27-31-28(16-18)39-26-11-5-9-24-30(26)33(31)29-23(37-24)8-4-10-25(29)38-27/h2-16H,1H3/i2D,3D,6D,7D,12D,13D,14D. The van der Waals surface area contributed by atoms with Gasteiger partial charge in [-0.15, -0.1) is 0 Å². The fourth-order valence-corrected chi connectivity index (χ4v) is 6.23. The highest BCUT2D eigenvalue weighted by molar-refractivity contribution is 6.99. The molecule has 7 aromatic rings. The Balaban J connectivity index is 1.35. The van der Waals surface area contributed by atoms with Crippen LogP contribution in [0.1, 0.15) is 15.2 Å². The van der Waals surface area contributed by atoms with E-state index in [4.69, 9.17) is 28.8 Å². The molecule has 0 radical (unpaired) electrons. The molecule has 0 aliphatic carbocycles. The third-order valence-electron chi connectivity index (χ3n) is 7.75. The second-order valence-corrected chi connectivity index (χ2v) is 9.91. The number of hydrogen-bond acceptors (Lipinski definition) is 4. The van der Waals surface area contributed by atoms with Crippen molar-refractivity contribution in [3.05, 3.63) is 96.4 Å². The van der Waals surface area contributed by atoms with Crippen molar-refractivity contribution in [2.24, 2.45) is 0 Å². The zero-order chi connectivity index (χ0) is 31.5. The first-order valence-electron chi connectivity index (χ1n) is 16.0. The predicted molar refractivity (Wildman–Crippen MR) is 152 cm³/mol. The summed E-state index contributed by atoms with van der Waals surface area (Å²) in [6, 6.07) is 13.1. The van der Waals surface area contributed by atoms with Gasteiger partial charge in [0.15, 0.2) is 0 Å². The van der Waals surface area contributed by atoms with Crippen LogP contribution in [0.3, 0.4) is 0 Å². The number of rotatable bonds is 1. The maximum absolute atomic E-state index is 8.97. The smallest absolute Gasteiger partial charge is 0.270 e. The van der Waals surface area contributed by atoms with Crippen molar-refractivity contribution in [3.63, 3.8) is 0 Å². The molecule has 3 aliphatic heterocycles. The van der Waals surface area contributed by atoms with Gasteiger partial charge >= 0.3 is 0 Å². The lowest BCUT2D eigenvalue weighted by Gasteiger charge is -2.37. The molecule has 0 unspecified atom stereocenters. The van der Waals surface area contributed by atoms with Crippen LogP contribution in [0.25, 0.3) is 33.5 Å². The highest BCUT2D eigenvalue weighted by Crippen LogP contribution is 2.43. The first kappa shape index (κ1) is 14.7. The molecule has 0 saturated carbocycles. The number of imidazole rings is 2. The van der Waals surface area contributed by atoms with E-state index in [1.807, 2.05) is 36.4 Å². The fourth-order valence-electron chi connectivity index (χ4n) is 6.23. The molecule has 0 atom stereocenters. The number of fused-ring (bicyclic) bond motifs is 5. The summed E-state index contributed by atoms with van der Waals surface area (Å²) in [5, 5.41) is 0. The molecule has 6 nitrogen and oxygen atoms in total. The van der Waals surface area contributed by atoms with Crippen LogP contribution in [-0.2, 0) is 0 Å². The molecule has 2 aromatic heterocycles. The van der Waals surface area contributed by atoms with E-state index in [-0.39, 0.29) is 64.8 Å². The number of aromatic nitrogens is 3. The van der Waals surface area contributed by atoms with Crippen LogP contribution in [0.2, 0.25) is 0 Å². The Morgan fingerprint density at radius 3 is 1.97 bits per heavy atom. The molecule has 5 heterocycles. The van der Waals surface area contributed by atoms with Gasteiger partial charge in [0.2, 0.25) is 5.78 Å². The number of hydrogen-bond donors (Lipinski definition) is 0. The average molecular weight is 510 g/mol. The molecule has 0 N–H and O–H groups in total. The Bertz CT molecular complexity index is 2560. The van der Waals surface area contributed by atoms with Gasteiger partial charge in [0.25, 0.3) is 6.71 Å². The van der Waals surface area contributed by atoms with Crippen LogP contribution in [0.5, 0.6) is 34.5 Å². The van der Waals surface area contributed by atoms with Crippen molar-refractivity contribution in [3.8, 4) is 40.2 Å². The molecule has 39 heavy (non-hydrogen) atoms. The quantitative estimate of drug-likeness (QED) is 0.271. The largest absolute Gasteiger partial charge is 0.458 e. The van der Waals surface area contributed by atoms with Gasteiger partial charge in [-0.1, -0.05) is 30.3 Å². The monoisotopic (exact) mass is 510 g/mol. The maximum atomic E-state index is 8.97. The third kappa shape index (κ3) is 2.37. The van der Waals surface area contributed by atoms with Crippen molar-refractivity contribution < 1.29 is 23.8 Å². The molecule has 0 amide bonds. The van der Waals surface area contributed by atoms with E-state index in [1.165, 1.54) is 4.40 Å². The lowest BCUT2D eigenvalue weighted by Crippen LogP contribution is -2.59. The number of nitrogens with zero attached hydrogens (tertiary/aromatic N) is 3. The molecule has 0 saturated heterocycles. The van der Waals surface area contributed by atoms with Gasteiger partial charge in [0.05, 0.1) is 37.3 Å². The molecule has 7 heteroatoms. The van der Waals surface area contributed by atoms with Crippen molar-refractivity contribution in [1.29, 1.82) is 0 Å². The van der Waals surface area contributed by atoms with Crippen molar-refractivity contribution in [2.75, 3.05) is 0 Å². The maximum Gasteiger partial charge on any atom is 0.270 e. The molecular weight excluding hydrogens is 485 g/mol. The molecule has 0 bridgehead atoms. The average Bonchev–Trinajstić information content (AvgIpc) is 3.59. The highest BCUT2D eigenvalue weighted by Gasteiger charge is 2.46. The van der Waals surface area contributed by atoms with Gasteiger partial charge in [-0.25, -0.2) is 4.98 Å². The topological polar surface area (TPSA) is 49.9 Å². The summed E-state index contributed by atoms with van der Waals surface area (Å²) < 4.78 is 83.2. The summed E-state index contributed by atoms with van der Waals surface area (Å²) in [7, 11) is 0. The van der Waals surface area contributed by atoms with Crippen LogP contribution in [0.4, 0.5) is 0 Å². The fraction of sp³-hybridized carbons (Fsp3) is 0.0312. The van der Waals surface area contributed by atoms with Gasteiger partial charge in [0, 0.05) is 28.5 Å². The Morgan fingerprint density at radius 1 is 0.718 bits per heavy atom. The van der Waals surface area contributed by atoms with Crippen LogP contribution >= 0.6 is 0 Å². The van der Waals surface area contributed by atoms with E-state index >= 15 is 0 Å². The first-order valence-corrected chi connectivity index (χ1v) is 12.5. The van der Waals surface area contributed by atoms with Crippen molar-refractivity contribution in [1.82, 2.24) is 14.0 Å². The lowest BCUT2D eigenvalue weighted by molar-refractivity contribution is 0.442. The Labute approximate surface area is 232 Å². The predicted octanol–water partition coefficient (Wildman–Crippen LogP) is 5.57. The van der Waals surface area contributed by atoms with E-state index in [0.717, 1.165) is 16.4 Å². The van der Waals surface area contributed by atoms with Crippen LogP contribution < -0.4 is 30.6 Å². The molecule has 10 rings (SSSR count). The Kier molecular flexibility index (Phi) is 2.50. The zero-order valence-electron chi connectivity index (χ0n) is 27.3. The Morgan fingerprint density at radius 2 is 1.31 bits per heavy atom. The Hall–Kier alpha value is -5.17. The van der Waals surface area contributed by atoms with Crippen LogP contribution in [0.15, 0.2) is 90.8 Å². The third-order valence-corrected chi connectivity index (χ3v) is 7.75. The second-order valence-electron chi connectivity index (χ2n) is 9.91. The second kappa shape index (κ2) is 6.63. The lowest BCUT2D eigenvalue weighted by atomic mass is 9.34. The van der Waals surface area contributed by atoms with Gasteiger partial charge in [-0.05, 0) is 60.9 Å². The molecule has 3 aliphatic rings. The van der Waals surface area contributed by atoms with Crippen LogP contribution in [-0.4, -0.2) is 20.7 Å². The normalized spacial score (nSPS) is 16.3. The van der Waals surface area contributed by atoms with Crippen molar-refractivity contribution >= 4 is 50.9 Å². The molecule has 0 spiro atoms. The summed E-state index contributed by atoms with van der Waals surface area (Å²) in [4.78, 5) is 4.77. The minimum absolute atomic E-state index is 0.0215. The zero-order valence-corrected chi connectivity index (χ0v) is 20.3. The summed E-state index contributed by atoms with van der Waals surface area (Å²) in [6.07, 6.45) is 0. The minimum Gasteiger partial charge on any atom is -0.458 e. The van der Waals surface area contributed by atoms with Gasteiger partial charge in [-0.3, -0.25) is 8.97 Å². The van der Waals surface area contributed by atoms with Crippen LogP contribution in [0, 0.1) is 6.92 Å². The van der Waals surface area contributed by atoms with E-state index in [0.29, 0.717) is 45.7 Å². The minimum atomic E-state index is -0.444. The van der Waals surface area contributed by atoms with Gasteiger partial charge in [-0.2, -0.15) is 0 Å². The summed E-state index contributed by atoms with van der Waals surface area (Å²) >= 11 is 0. The van der Waals surface area contributed by atoms with E-state index in [1.54, 1.807) is 23.6 Å². The number of para-hydroxylation sites is 2. The molecule has 0 fully saturated rings.